The standard InChI is InChI=1S/C14H24ClNO/c1-12(2)10(13(12,3)4)11(17)16-9-14(5-6-14)7-8-15/h10H,5-9H2,1-4H3,(H,16,17). The molecule has 0 aromatic rings. The zero-order valence-corrected chi connectivity index (χ0v) is 12.2. The van der Waals surface area contributed by atoms with E-state index in [0.29, 0.717) is 11.3 Å². The first-order valence-corrected chi connectivity index (χ1v) is 7.14. The van der Waals surface area contributed by atoms with Gasteiger partial charge in [-0.05, 0) is 35.5 Å². The Balaban J connectivity index is 1.84. The molecule has 2 saturated carbocycles. The number of rotatable bonds is 5. The van der Waals surface area contributed by atoms with Crippen LogP contribution in [0.1, 0.15) is 47.0 Å². The van der Waals surface area contributed by atoms with E-state index >= 15 is 0 Å². The fourth-order valence-corrected chi connectivity index (χ4v) is 3.52. The highest BCUT2D eigenvalue weighted by Gasteiger charge is 2.68. The second-order valence-corrected chi connectivity index (χ2v) is 7.41. The first kappa shape index (κ1) is 13.2. The highest BCUT2D eigenvalue weighted by molar-refractivity contribution is 6.17. The number of carbonyl (C=O) groups excluding carboxylic acids is 1. The molecular weight excluding hydrogens is 234 g/mol. The Morgan fingerprint density at radius 2 is 1.76 bits per heavy atom. The minimum absolute atomic E-state index is 0.139. The highest BCUT2D eigenvalue weighted by atomic mass is 35.5. The molecule has 2 rings (SSSR count). The maximum absolute atomic E-state index is 12.2. The van der Waals surface area contributed by atoms with Gasteiger partial charge in [0.15, 0.2) is 0 Å². The number of nitrogens with one attached hydrogen (secondary N) is 1. The molecule has 0 aromatic carbocycles. The molecule has 0 saturated heterocycles. The second kappa shape index (κ2) is 3.88. The average molecular weight is 258 g/mol. The summed E-state index contributed by atoms with van der Waals surface area (Å²) in [5.74, 6) is 1.11. The van der Waals surface area contributed by atoms with E-state index in [-0.39, 0.29) is 22.7 Å². The molecule has 2 nitrogen and oxygen atoms in total. The average Bonchev–Trinajstić information content (AvgIpc) is 3.03. The van der Waals surface area contributed by atoms with Crippen molar-refractivity contribution in [3.05, 3.63) is 0 Å². The van der Waals surface area contributed by atoms with Crippen molar-refractivity contribution in [3.8, 4) is 0 Å². The zero-order valence-electron chi connectivity index (χ0n) is 11.4. The summed E-state index contributed by atoms with van der Waals surface area (Å²) in [6.45, 7) is 9.55. The predicted molar refractivity (Wildman–Crippen MR) is 71.1 cm³/mol. The number of amides is 1. The van der Waals surface area contributed by atoms with Gasteiger partial charge in [0, 0.05) is 18.3 Å². The first-order valence-electron chi connectivity index (χ1n) is 6.61. The van der Waals surface area contributed by atoms with Crippen LogP contribution in [0.15, 0.2) is 0 Å². The Kier molecular flexibility index (Phi) is 3.01. The summed E-state index contributed by atoms with van der Waals surface area (Å²) in [7, 11) is 0. The zero-order chi connectivity index (χ0) is 12.9. The quantitative estimate of drug-likeness (QED) is 0.753. The van der Waals surface area contributed by atoms with Crippen molar-refractivity contribution >= 4 is 17.5 Å². The van der Waals surface area contributed by atoms with Crippen LogP contribution < -0.4 is 5.32 Å². The van der Waals surface area contributed by atoms with Crippen molar-refractivity contribution in [1.82, 2.24) is 5.32 Å². The third-order valence-electron chi connectivity index (χ3n) is 5.50. The van der Waals surface area contributed by atoms with Gasteiger partial charge in [-0.3, -0.25) is 4.79 Å². The molecule has 0 heterocycles. The molecule has 1 N–H and O–H groups in total. The molecule has 98 valence electrons. The lowest BCUT2D eigenvalue weighted by Crippen LogP contribution is -2.33. The predicted octanol–water partition coefficient (Wildman–Crippen LogP) is 3.19. The van der Waals surface area contributed by atoms with E-state index < -0.39 is 0 Å². The van der Waals surface area contributed by atoms with E-state index in [1.54, 1.807) is 0 Å². The summed E-state index contributed by atoms with van der Waals surface area (Å²) < 4.78 is 0. The molecule has 17 heavy (non-hydrogen) atoms. The van der Waals surface area contributed by atoms with Gasteiger partial charge in [0.1, 0.15) is 0 Å². The summed E-state index contributed by atoms with van der Waals surface area (Å²) in [5.41, 5.74) is 0.612. The van der Waals surface area contributed by atoms with Crippen LogP contribution in [0.4, 0.5) is 0 Å². The summed E-state index contributed by atoms with van der Waals surface area (Å²) in [6, 6.07) is 0. The molecule has 2 fully saturated rings. The van der Waals surface area contributed by atoms with E-state index in [9.17, 15) is 4.79 Å². The monoisotopic (exact) mass is 257 g/mol. The number of carbonyl (C=O) groups is 1. The molecule has 0 unspecified atom stereocenters. The van der Waals surface area contributed by atoms with Crippen LogP contribution in [0.3, 0.4) is 0 Å². The third-order valence-corrected chi connectivity index (χ3v) is 5.69. The molecule has 0 atom stereocenters. The molecule has 2 aliphatic rings. The first-order chi connectivity index (χ1) is 7.77. The largest absolute Gasteiger partial charge is 0.355 e. The van der Waals surface area contributed by atoms with Gasteiger partial charge in [0.2, 0.25) is 5.91 Å². The smallest absolute Gasteiger partial charge is 0.224 e. The fraction of sp³-hybridized carbons (Fsp3) is 0.929. The molecule has 0 radical (unpaired) electrons. The van der Waals surface area contributed by atoms with Crippen molar-refractivity contribution in [2.24, 2.45) is 22.2 Å². The van der Waals surface area contributed by atoms with Gasteiger partial charge in [0.05, 0.1) is 0 Å². The van der Waals surface area contributed by atoms with Crippen molar-refractivity contribution in [1.29, 1.82) is 0 Å². The van der Waals surface area contributed by atoms with Crippen LogP contribution >= 0.6 is 11.6 Å². The Morgan fingerprint density at radius 3 is 2.12 bits per heavy atom. The molecule has 0 aliphatic heterocycles. The Morgan fingerprint density at radius 1 is 1.24 bits per heavy atom. The van der Waals surface area contributed by atoms with Gasteiger partial charge in [-0.1, -0.05) is 27.7 Å². The van der Waals surface area contributed by atoms with Crippen LogP contribution in [-0.4, -0.2) is 18.3 Å². The van der Waals surface area contributed by atoms with Gasteiger partial charge in [-0.2, -0.15) is 0 Å². The summed E-state index contributed by atoms with van der Waals surface area (Å²) in [5, 5.41) is 3.15. The maximum atomic E-state index is 12.2. The lowest BCUT2D eigenvalue weighted by Gasteiger charge is -2.15. The van der Waals surface area contributed by atoms with Crippen molar-refractivity contribution in [2.45, 2.75) is 47.0 Å². The van der Waals surface area contributed by atoms with Crippen molar-refractivity contribution in [2.75, 3.05) is 12.4 Å². The molecule has 0 bridgehead atoms. The lowest BCUT2D eigenvalue weighted by molar-refractivity contribution is -0.123. The molecular formula is C14H24ClNO. The minimum Gasteiger partial charge on any atom is -0.355 e. The van der Waals surface area contributed by atoms with E-state index in [0.717, 1.165) is 13.0 Å². The molecule has 0 spiro atoms. The van der Waals surface area contributed by atoms with Crippen LogP contribution in [0.25, 0.3) is 0 Å². The van der Waals surface area contributed by atoms with E-state index in [1.165, 1.54) is 12.8 Å². The number of hydrogen-bond acceptors (Lipinski definition) is 1. The summed E-state index contributed by atoms with van der Waals surface area (Å²) in [6.07, 6.45) is 3.47. The third kappa shape index (κ3) is 2.09. The van der Waals surface area contributed by atoms with Gasteiger partial charge >= 0.3 is 0 Å². The van der Waals surface area contributed by atoms with Crippen LogP contribution in [0.5, 0.6) is 0 Å². The van der Waals surface area contributed by atoms with Crippen molar-refractivity contribution in [3.63, 3.8) is 0 Å². The Labute approximate surface area is 109 Å². The number of hydrogen-bond donors (Lipinski definition) is 1. The van der Waals surface area contributed by atoms with Gasteiger partial charge in [-0.25, -0.2) is 0 Å². The number of alkyl halides is 1. The molecule has 1 amide bonds. The summed E-state index contributed by atoms with van der Waals surface area (Å²) in [4.78, 5) is 12.2. The topological polar surface area (TPSA) is 29.1 Å². The lowest BCUT2D eigenvalue weighted by atomic mass is 10.0. The van der Waals surface area contributed by atoms with Gasteiger partial charge < -0.3 is 5.32 Å². The van der Waals surface area contributed by atoms with Gasteiger partial charge in [-0.15, -0.1) is 11.6 Å². The van der Waals surface area contributed by atoms with Crippen LogP contribution in [0, 0.1) is 22.2 Å². The van der Waals surface area contributed by atoms with Gasteiger partial charge in [0.25, 0.3) is 0 Å². The molecule has 3 heteroatoms. The van der Waals surface area contributed by atoms with Crippen molar-refractivity contribution < 1.29 is 4.79 Å². The number of halogens is 1. The molecule has 2 aliphatic carbocycles. The normalized spacial score (nSPS) is 27.6. The second-order valence-electron chi connectivity index (χ2n) is 7.03. The molecule has 0 aromatic heterocycles. The van der Waals surface area contributed by atoms with Crippen LogP contribution in [-0.2, 0) is 4.79 Å². The Hall–Kier alpha value is -0.240. The van der Waals surface area contributed by atoms with E-state index in [1.807, 2.05) is 0 Å². The summed E-state index contributed by atoms with van der Waals surface area (Å²) >= 11 is 5.79. The minimum atomic E-state index is 0.139. The fourth-order valence-electron chi connectivity index (χ4n) is 3.12. The van der Waals surface area contributed by atoms with E-state index in [4.69, 9.17) is 11.6 Å². The van der Waals surface area contributed by atoms with Crippen LogP contribution in [0.2, 0.25) is 0 Å². The highest BCUT2D eigenvalue weighted by Crippen LogP contribution is 2.68. The maximum Gasteiger partial charge on any atom is 0.224 e. The Bertz CT molecular complexity index is 317. The SMILES string of the molecule is CC1(C)C(C(=O)NCC2(CCCl)CC2)C1(C)C. The van der Waals surface area contributed by atoms with E-state index in [2.05, 4.69) is 33.0 Å².